The van der Waals surface area contributed by atoms with Crippen LogP contribution in [-0.2, 0) is 4.79 Å². The molecular formula is C13H21N3O. The van der Waals surface area contributed by atoms with Gasteiger partial charge in [-0.1, -0.05) is 12.0 Å². The van der Waals surface area contributed by atoms with E-state index in [1.807, 2.05) is 18.0 Å². The highest BCUT2D eigenvalue weighted by atomic mass is 16.1. The van der Waals surface area contributed by atoms with Crippen LogP contribution in [0.4, 0.5) is 0 Å². The van der Waals surface area contributed by atoms with Gasteiger partial charge in [0.25, 0.3) is 0 Å². The topological polar surface area (TPSA) is 44.4 Å². The Morgan fingerprint density at radius 2 is 2.53 bits per heavy atom. The summed E-state index contributed by atoms with van der Waals surface area (Å²) in [6.45, 7) is 3.22. The van der Waals surface area contributed by atoms with E-state index < -0.39 is 0 Å². The number of nitrogens with one attached hydrogen (secondary N) is 2. The molecule has 1 fully saturated rings. The maximum Gasteiger partial charge on any atom is 0.243 e. The zero-order valence-electron chi connectivity index (χ0n) is 10.4. The number of carbonyl (C=O) groups excluding carboxylic acids is 1. The molecule has 0 unspecified atom stereocenters. The molecule has 1 aliphatic rings. The van der Waals surface area contributed by atoms with Gasteiger partial charge in [0.05, 0.1) is 6.54 Å². The molecule has 1 aliphatic heterocycles. The van der Waals surface area contributed by atoms with Crippen molar-refractivity contribution >= 4 is 5.91 Å². The van der Waals surface area contributed by atoms with Gasteiger partial charge in [-0.15, -0.1) is 6.42 Å². The van der Waals surface area contributed by atoms with Crippen LogP contribution in [0.2, 0.25) is 0 Å². The Bertz CT molecular complexity index is 300. The van der Waals surface area contributed by atoms with Crippen LogP contribution in [0.3, 0.4) is 0 Å². The molecule has 0 aliphatic carbocycles. The number of amides is 1. The summed E-state index contributed by atoms with van der Waals surface area (Å²) in [5.74, 6) is 2.53. The molecule has 1 atom stereocenters. The second kappa shape index (κ2) is 7.88. The Morgan fingerprint density at radius 1 is 1.71 bits per heavy atom. The smallest absolute Gasteiger partial charge is 0.243 e. The molecule has 1 rings (SSSR count). The molecule has 0 saturated carbocycles. The van der Waals surface area contributed by atoms with Crippen LogP contribution in [0, 0.1) is 12.3 Å². The minimum Gasteiger partial charge on any atom is -0.349 e. The van der Waals surface area contributed by atoms with Gasteiger partial charge in [-0.05, 0) is 26.4 Å². The summed E-state index contributed by atoms with van der Waals surface area (Å²) >= 11 is 0. The largest absolute Gasteiger partial charge is 0.349 e. The molecule has 0 bridgehead atoms. The number of hydrogen-bond donors (Lipinski definition) is 2. The van der Waals surface area contributed by atoms with Gasteiger partial charge in [-0.25, -0.2) is 0 Å². The number of hydrogen-bond acceptors (Lipinski definition) is 3. The van der Waals surface area contributed by atoms with Crippen LogP contribution in [0.5, 0.6) is 0 Å². The van der Waals surface area contributed by atoms with Gasteiger partial charge < -0.3 is 10.6 Å². The van der Waals surface area contributed by atoms with Crippen LogP contribution in [0.1, 0.15) is 12.8 Å². The normalized spacial score (nSPS) is 20.4. The maximum atomic E-state index is 11.6. The monoisotopic (exact) mass is 235 g/mol. The van der Waals surface area contributed by atoms with Crippen LogP contribution < -0.4 is 10.6 Å². The average molecular weight is 235 g/mol. The first kappa shape index (κ1) is 13.8. The minimum absolute atomic E-state index is 0.0205. The van der Waals surface area contributed by atoms with Gasteiger partial charge in [0.2, 0.25) is 5.91 Å². The molecule has 1 heterocycles. The zero-order valence-corrected chi connectivity index (χ0v) is 10.4. The van der Waals surface area contributed by atoms with Gasteiger partial charge in [-0.2, -0.15) is 0 Å². The molecule has 0 aromatic heterocycles. The fraction of sp³-hybridized carbons (Fsp3) is 0.615. The quantitative estimate of drug-likeness (QED) is 0.520. The predicted molar refractivity (Wildman–Crippen MR) is 69.5 cm³/mol. The zero-order chi connectivity index (χ0) is 12.5. The van der Waals surface area contributed by atoms with Gasteiger partial charge in [0, 0.05) is 25.2 Å². The summed E-state index contributed by atoms with van der Waals surface area (Å²) in [7, 11) is 1.92. The van der Waals surface area contributed by atoms with Gasteiger partial charge in [-0.3, -0.25) is 9.69 Å². The lowest BCUT2D eigenvalue weighted by atomic mass is 10.1. The molecular weight excluding hydrogens is 214 g/mol. The Kier molecular flexibility index (Phi) is 6.38. The van der Waals surface area contributed by atoms with Crippen LogP contribution in [0.25, 0.3) is 0 Å². The first-order chi connectivity index (χ1) is 8.22. The number of nitrogens with zero attached hydrogens (tertiary/aromatic N) is 1. The fourth-order valence-electron chi connectivity index (χ4n) is 1.78. The van der Waals surface area contributed by atoms with Gasteiger partial charge >= 0.3 is 0 Å². The van der Waals surface area contributed by atoms with Gasteiger partial charge in [0.1, 0.15) is 0 Å². The van der Waals surface area contributed by atoms with Crippen LogP contribution >= 0.6 is 0 Å². The summed E-state index contributed by atoms with van der Waals surface area (Å²) in [5.41, 5.74) is 0. The molecule has 1 amide bonds. The van der Waals surface area contributed by atoms with E-state index in [4.69, 9.17) is 6.42 Å². The van der Waals surface area contributed by atoms with Crippen molar-refractivity contribution in [3.8, 4) is 12.3 Å². The lowest BCUT2D eigenvalue weighted by Gasteiger charge is -2.23. The molecule has 4 nitrogen and oxygen atoms in total. The van der Waals surface area contributed by atoms with E-state index in [1.54, 1.807) is 6.08 Å². The maximum absolute atomic E-state index is 11.6. The summed E-state index contributed by atoms with van der Waals surface area (Å²) in [5, 5.41) is 6.24. The third-order valence-electron chi connectivity index (χ3n) is 2.69. The van der Waals surface area contributed by atoms with E-state index in [0.717, 1.165) is 25.9 Å². The standard InChI is InChI=1S/C13H21N3O/c1-3-9-16(2)10-5-7-13(17)15-12-6-4-8-14-11-12/h1,5,7,12,14H,4,6,8-11H2,2H3,(H,15,17)/b7-5+/t12-/m0/s1. The third-order valence-corrected chi connectivity index (χ3v) is 2.69. The lowest BCUT2D eigenvalue weighted by molar-refractivity contribution is -0.117. The van der Waals surface area contributed by atoms with Crippen molar-refractivity contribution in [1.29, 1.82) is 0 Å². The van der Waals surface area contributed by atoms with Crippen molar-refractivity contribution in [2.24, 2.45) is 0 Å². The predicted octanol–water partition coefficient (Wildman–Crippen LogP) is -0.0242. The first-order valence-electron chi connectivity index (χ1n) is 6.02. The molecule has 94 valence electrons. The van der Waals surface area contributed by atoms with Crippen molar-refractivity contribution in [3.63, 3.8) is 0 Å². The van der Waals surface area contributed by atoms with Crippen molar-refractivity contribution in [2.45, 2.75) is 18.9 Å². The average Bonchev–Trinajstić information content (AvgIpc) is 2.30. The number of likely N-dealkylation sites (N-methyl/N-ethyl adjacent to an activating group) is 1. The second-order valence-corrected chi connectivity index (χ2v) is 4.36. The fourth-order valence-corrected chi connectivity index (χ4v) is 1.78. The first-order valence-corrected chi connectivity index (χ1v) is 6.02. The number of rotatable bonds is 5. The molecule has 0 radical (unpaired) electrons. The number of piperidine rings is 1. The molecule has 0 spiro atoms. The van der Waals surface area contributed by atoms with Crippen molar-refractivity contribution in [3.05, 3.63) is 12.2 Å². The van der Waals surface area contributed by atoms with Crippen molar-refractivity contribution in [2.75, 3.05) is 33.2 Å². The Morgan fingerprint density at radius 3 is 3.18 bits per heavy atom. The number of terminal acetylenes is 1. The highest BCUT2D eigenvalue weighted by Crippen LogP contribution is 2.00. The van der Waals surface area contributed by atoms with E-state index in [9.17, 15) is 4.79 Å². The van der Waals surface area contributed by atoms with Crippen molar-refractivity contribution < 1.29 is 4.79 Å². The Hall–Kier alpha value is -1.31. The minimum atomic E-state index is -0.0205. The van der Waals surface area contributed by atoms with Crippen molar-refractivity contribution in [1.82, 2.24) is 15.5 Å². The highest BCUT2D eigenvalue weighted by molar-refractivity contribution is 5.87. The molecule has 4 heteroatoms. The molecule has 0 aromatic rings. The summed E-state index contributed by atoms with van der Waals surface area (Å²) in [4.78, 5) is 13.5. The van der Waals surface area contributed by atoms with E-state index >= 15 is 0 Å². The summed E-state index contributed by atoms with van der Waals surface area (Å²) < 4.78 is 0. The highest BCUT2D eigenvalue weighted by Gasteiger charge is 2.13. The van der Waals surface area contributed by atoms with E-state index in [0.29, 0.717) is 13.1 Å². The SMILES string of the molecule is C#CCN(C)C/C=C/C(=O)N[C@H]1CCCNC1. The molecule has 17 heavy (non-hydrogen) atoms. The number of carbonyl (C=O) groups is 1. The Labute approximate surface area is 103 Å². The van der Waals surface area contributed by atoms with E-state index in [-0.39, 0.29) is 11.9 Å². The second-order valence-electron chi connectivity index (χ2n) is 4.36. The van der Waals surface area contributed by atoms with Crippen LogP contribution in [-0.4, -0.2) is 50.1 Å². The van der Waals surface area contributed by atoms with Gasteiger partial charge in [0.15, 0.2) is 0 Å². The molecule has 2 N–H and O–H groups in total. The molecule has 0 aromatic carbocycles. The lowest BCUT2D eigenvalue weighted by Crippen LogP contribution is -2.45. The molecule has 1 saturated heterocycles. The van der Waals surface area contributed by atoms with E-state index in [1.165, 1.54) is 0 Å². The Balaban J connectivity index is 2.19. The van der Waals surface area contributed by atoms with E-state index in [2.05, 4.69) is 16.6 Å². The van der Waals surface area contributed by atoms with Crippen LogP contribution in [0.15, 0.2) is 12.2 Å². The summed E-state index contributed by atoms with van der Waals surface area (Å²) in [6.07, 6.45) is 10.8. The third kappa shape index (κ3) is 6.10. The summed E-state index contributed by atoms with van der Waals surface area (Å²) in [6, 6.07) is 0.268.